The molecule has 1 aliphatic carbocycles. The van der Waals surface area contributed by atoms with Gasteiger partial charge in [0, 0.05) is 29.9 Å². The quantitative estimate of drug-likeness (QED) is 0.552. The molecule has 34 heavy (non-hydrogen) atoms. The first kappa shape index (κ1) is 23.0. The number of hydrogen-bond donors (Lipinski definition) is 1. The fourth-order valence-electron chi connectivity index (χ4n) is 4.57. The molecule has 3 aromatic rings. The molecule has 0 spiro atoms. The average Bonchev–Trinajstić information content (AvgIpc) is 3.55. The minimum absolute atomic E-state index is 0.0895. The summed E-state index contributed by atoms with van der Waals surface area (Å²) in [5, 5.41) is 4.48. The summed E-state index contributed by atoms with van der Waals surface area (Å²) in [6.07, 6.45) is 5.57. The number of hydrogen-bond acceptors (Lipinski definition) is 5. The van der Waals surface area contributed by atoms with Gasteiger partial charge in [-0.2, -0.15) is 5.10 Å². The minimum Gasteiger partial charge on any atom is -0.330 e. The molecule has 1 aromatic carbocycles. The fraction of sp³-hybridized carbons (Fsp3) is 0.435. The van der Waals surface area contributed by atoms with E-state index < -0.39 is 27.4 Å². The molecule has 1 aliphatic heterocycles. The number of benzene rings is 1. The van der Waals surface area contributed by atoms with Crippen molar-refractivity contribution in [1.29, 1.82) is 0 Å². The van der Waals surface area contributed by atoms with Gasteiger partial charge in [0.05, 0.1) is 34.3 Å². The lowest BCUT2D eigenvalue weighted by Gasteiger charge is -2.35. The van der Waals surface area contributed by atoms with Crippen molar-refractivity contribution in [3.63, 3.8) is 0 Å². The summed E-state index contributed by atoms with van der Waals surface area (Å²) in [5.41, 5.74) is 2.97. The molecular formula is C23H25ClFN5O3S. The van der Waals surface area contributed by atoms with E-state index in [1.807, 2.05) is 13.0 Å². The zero-order chi connectivity index (χ0) is 24.2. The molecule has 0 radical (unpaired) electrons. The van der Waals surface area contributed by atoms with E-state index in [1.165, 1.54) is 12.1 Å². The number of anilines is 1. The van der Waals surface area contributed by atoms with Crippen molar-refractivity contribution < 1.29 is 17.6 Å². The first-order chi connectivity index (χ1) is 16.1. The number of nitrogens with zero attached hydrogens (tertiary/aromatic N) is 4. The number of sulfonamides is 1. The molecule has 1 amide bonds. The lowest BCUT2D eigenvalue weighted by Crippen LogP contribution is -2.39. The smallest absolute Gasteiger partial charge is 0.256 e. The number of rotatable bonds is 5. The van der Waals surface area contributed by atoms with E-state index in [0.29, 0.717) is 24.6 Å². The van der Waals surface area contributed by atoms with E-state index in [4.69, 9.17) is 21.7 Å². The number of fused-ring (bicyclic) bond motifs is 1. The molecule has 1 saturated carbocycles. The van der Waals surface area contributed by atoms with Gasteiger partial charge >= 0.3 is 0 Å². The number of likely N-dealkylation sites (tertiary alicyclic amines) is 1. The monoisotopic (exact) mass is 505 g/mol. The number of carbonyl (C=O) groups is 1. The topological polar surface area (TPSA) is 96.7 Å². The first-order valence-electron chi connectivity index (χ1n) is 11.3. The highest BCUT2D eigenvalue weighted by Crippen LogP contribution is 2.40. The van der Waals surface area contributed by atoms with Crippen LogP contribution in [-0.4, -0.2) is 46.6 Å². The predicted molar refractivity (Wildman–Crippen MR) is 127 cm³/mol. The largest absolute Gasteiger partial charge is 0.330 e. The Labute approximate surface area is 202 Å². The van der Waals surface area contributed by atoms with Gasteiger partial charge in [-0.3, -0.25) is 9.52 Å². The van der Waals surface area contributed by atoms with Crippen molar-refractivity contribution in [1.82, 2.24) is 19.5 Å². The molecule has 0 bridgehead atoms. The number of carbonyl (C=O) groups excluding carboxylic acids is 1. The first-order valence-corrected chi connectivity index (χ1v) is 13.5. The van der Waals surface area contributed by atoms with Gasteiger partial charge in [0.2, 0.25) is 10.0 Å². The van der Waals surface area contributed by atoms with Crippen LogP contribution in [0.5, 0.6) is 0 Å². The van der Waals surface area contributed by atoms with Gasteiger partial charge in [-0.05, 0) is 57.2 Å². The van der Waals surface area contributed by atoms with E-state index in [0.717, 1.165) is 49.0 Å². The number of halogens is 2. The van der Waals surface area contributed by atoms with Crippen LogP contribution in [0.2, 0.25) is 5.02 Å². The maximum atomic E-state index is 14.8. The van der Waals surface area contributed by atoms with Crippen LogP contribution in [0, 0.1) is 12.7 Å². The number of aryl methyl sites for hydroxylation is 1. The molecule has 2 aromatic heterocycles. The highest BCUT2D eigenvalue weighted by Gasteiger charge is 2.33. The Morgan fingerprint density at radius 2 is 1.94 bits per heavy atom. The molecule has 1 N–H and O–H groups in total. The van der Waals surface area contributed by atoms with Crippen molar-refractivity contribution in [2.45, 2.75) is 51.0 Å². The van der Waals surface area contributed by atoms with Gasteiger partial charge in [-0.1, -0.05) is 11.6 Å². The molecular weight excluding hydrogens is 481 g/mol. The summed E-state index contributed by atoms with van der Waals surface area (Å²) in [6.45, 7) is 2.43. The highest BCUT2D eigenvalue weighted by atomic mass is 35.5. The van der Waals surface area contributed by atoms with Crippen LogP contribution in [0.25, 0.3) is 5.65 Å². The zero-order valence-corrected chi connectivity index (χ0v) is 20.5. The van der Waals surface area contributed by atoms with Gasteiger partial charge < -0.3 is 4.90 Å². The Morgan fingerprint density at radius 3 is 2.65 bits per heavy atom. The molecule has 1 saturated heterocycles. The minimum atomic E-state index is -3.84. The van der Waals surface area contributed by atoms with Crippen LogP contribution < -0.4 is 4.72 Å². The molecule has 2 fully saturated rings. The van der Waals surface area contributed by atoms with Crippen LogP contribution in [0.4, 0.5) is 10.1 Å². The van der Waals surface area contributed by atoms with Crippen molar-refractivity contribution in [3.8, 4) is 0 Å². The lowest BCUT2D eigenvalue weighted by atomic mass is 9.98. The third-order valence-electron chi connectivity index (χ3n) is 6.36. The number of amides is 1. The van der Waals surface area contributed by atoms with Gasteiger partial charge in [-0.25, -0.2) is 22.3 Å². The zero-order valence-electron chi connectivity index (χ0n) is 18.9. The highest BCUT2D eigenvalue weighted by molar-refractivity contribution is 7.92. The van der Waals surface area contributed by atoms with Crippen molar-refractivity contribution in [3.05, 3.63) is 57.8 Å². The molecule has 2 aliphatic rings. The summed E-state index contributed by atoms with van der Waals surface area (Å²) in [4.78, 5) is 20.0. The summed E-state index contributed by atoms with van der Waals surface area (Å²) < 4.78 is 42.4. The van der Waals surface area contributed by atoms with E-state index in [2.05, 4.69) is 10.8 Å². The van der Waals surface area contributed by atoms with Crippen molar-refractivity contribution in [2.75, 3.05) is 17.5 Å². The molecule has 11 heteroatoms. The predicted octanol–water partition coefficient (Wildman–Crippen LogP) is 4.45. The average molecular weight is 506 g/mol. The van der Waals surface area contributed by atoms with Gasteiger partial charge in [0.25, 0.3) is 5.91 Å². The summed E-state index contributed by atoms with van der Waals surface area (Å²) in [5.74, 6) is -0.950. The Hall–Kier alpha value is -2.72. The molecule has 1 atom stereocenters. The van der Waals surface area contributed by atoms with Crippen molar-refractivity contribution >= 4 is 38.9 Å². The van der Waals surface area contributed by atoms with E-state index in [9.17, 15) is 17.6 Å². The number of nitrogens with one attached hydrogen (secondary N) is 1. The second kappa shape index (κ2) is 8.49. The second-order valence-corrected chi connectivity index (χ2v) is 11.3. The number of aromatic nitrogens is 3. The van der Waals surface area contributed by atoms with Gasteiger partial charge in [0.1, 0.15) is 0 Å². The Kier molecular flexibility index (Phi) is 5.76. The normalized spacial score (nSPS) is 18.9. The lowest BCUT2D eigenvalue weighted by molar-refractivity contribution is 0.0606. The van der Waals surface area contributed by atoms with Gasteiger partial charge in [0.15, 0.2) is 11.5 Å². The third kappa shape index (κ3) is 4.36. The Balaban J connectivity index is 1.53. The maximum Gasteiger partial charge on any atom is 0.256 e. The van der Waals surface area contributed by atoms with Crippen LogP contribution in [0.15, 0.2) is 24.3 Å². The van der Waals surface area contributed by atoms with Crippen LogP contribution in [-0.2, 0) is 10.0 Å². The Morgan fingerprint density at radius 1 is 1.18 bits per heavy atom. The van der Waals surface area contributed by atoms with Crippen LogP contribution in [0.3, 0.4) is 0 Å². The van der Waals surface area contributed by atoms with E-state index >= 15 is 0 Å². The molecule has 8 nitrogen and oxygen atoms in total. The van der Waals surface area contributed by atoms with Crippen molar-refractivity contribution in [2.24, 2.45) is 0 Å². The van der Waals surface area contributed by atoms with Crippen LogP contribution >= 0.6 is 11.6 Å². The standard InChI is InChI=1S/C23H25ClFN5O3S/c1-13-11-17(14-6-7-14)26-20-12-18(27-30(13)20)19-5-3-4-10-29(19)23(31)15-8-9-16(24)21(25)22(15)28-34(2,32)33/h8-9,11-12,14,19,28H,3-7,10H2,1-2H3. The summed E-state index contributed by atoms with van der Waals surface area (Å²) >= 11 is 5.87. The van der Waals surface area contributed by atoms with Gasteiger partial charge in [-0.15, -0.1) is 0 Å². The second-order valence-electron chi connectivity index (χ2n) is 9.10. The summed E-state index contributed by atoms with van der Waals surface area (Å²) in [6, 6.07) is 6.24. The third-order valence-corrected chi connectivity index (χ3v) is 7.22. The molecule has 3 heterocycles. The van der Waals surface area contributed by atoms with Crippen LogP contribution in [0.1, 0.15) is 71.5 Å². The summed E-state index contributed by atoms with van der Waals surface area (Å²) in [7, 11) is -3.84. The molecule has 5 rings (SSSR count). The fourth-order valence-corrected chi connectivity index (χ4v) is 5.30. The maximum absolute atomic E-state index is 14.8. The Bertz CT molecular complexity index is 1400. The SMILES string of the molecule is Cc1cc(C2CC2)nc2cc(C3CCCCN3C(=O)c3ccc(Cl)c(F)c3NS(C)(=O)=O)nn12. The van der Waals surface area contributed by atoms with E-state index in [-0.39, 0.29) is 16.6 Å². The molecule has 180 valence electrons. The number of piperidine rings is 1. The van der Waals surface area contributed by atoms with E-state index in [1.54, 1.807) is 9.42 Å². The molecule has 1 unspecified atom stereocenters.